The van der Waals surface area contributed by atoms with Crippen molar-refractivity contribution in [3.05, 3.63) is 29.6 Å². The number of hydrogen-bond acceptors (Lipinski definition) is 4. The van der Waals surface area contributed by atoms with Crippen LogP contribution in [0.5, 0.6) is 0 Å². The molecule has 1 aromatic carbocycles. The first-order valence-electron chi connectivity index (χ1n) is 8.70. The number of nitrogens with one attached hydrogen (secondary N) is 2. The number of rotatable bonds is 6. The molecule has 0 aromatic heterocycles. The van der Waals surface area contributed by atoms with Crippen molar-refractivity contribution < 1.29 is 14.0 Å². The zero-order chi connectivity index (χ0) is 18.4. The van der Waals surface area contributed by atoms with Crippen molar-refractivity contribution in [2.75, 3.05) is 44.6 Å². The summed E-state index contributed by atoms with van der Waals surface area (Å²) in [5, 5.41) is 5.45. The molecule has 7 heteroatoms. The predicted molar refractivity (Wildman–Crippen MR) is 95.9 cm³/mol. The molecule has 1 fully saturated rings. The number of amides is 2. The average Bonchev–Trinajstić information content (AvgIpc) is 2.57. The lowest BCUT2D eigenvalue weighted by molar-refractivity contribution is -0.124. The lowest BCUT2D eigenvalue weighted by Gasteiger charge is -2.37. The first kappa shape index (κ1) is 19.3. The molecule has 1 unspecified atom stereocenters. The summed E-state index contributed by atoms with van der Waals surface area (Å²) in [6.07, 6.45) is 0. The van der Waals surface area contributed by atoms with E-state index in [0.717, 1.165) is 18.7 Å². The Morgan fingerprint density at radius 3 is 2.52 bits per heavy atom. The minimum atomic E-state index is -0.424. The van der Waals surface area contributed by atoms with E-state index in [9.17, 15) is 14.0 Å². The van der Waals surface area contributed by atoms with Crippen LogP contribution in [0.3, 0.4) is 0 Å². The highest BCUT2D eigenvalue weighted by atomic mass is 19.1. The molecule has 6 nitrogen and oxygen atoms in total. The number of nitrogens with zero attached hydrogens (tertiary/aromatic N) is 2. The fourth-order valence-corrected chi connectivity index (χ4v) is 2.89. The highest BCUT2D eigenvalue weighted by Crippen LogP contribution is 2.16. The molecule has 25 heavy (non-hydrogen) atoms. The van der Waals surface area contributed by atoms with Crippen molar-refractivity contribution in [1.29, 1.82) is 0 Å². The zero-order valence-corrected chi connectivity index (χ0v) is 15.1. The van der Waals surface area contributed by atoms with Gasteiger partial charge in [-0.2, -0.15) is 0 Å². The van der Waals surface area contributed by atoms with Gasteiger partial charge in [-0.05, 0) is 38.5 Å². The summed E-state index contributed by atoms with van der Waals surface area (Å²) in [5.41, 5.74) is 1.02. The van der Waals surface area contributed by atoms with E-state index in [2.05, 4.69) is 20.4 Å². The van der Waals surface area contributed by atoms with Crippen LogP contribution in [-0.2, 0) is 9.59 Å². The zero-order valence-electron chi connectivity index (χ0n) is 15.1. The number of carbonyl (C=O) groups excluding carboxylic acids is 2. The third kappa shape index (κ3) is 5.51. The van der Waals surface area contributed by atoms with Crippen LogP contribution in [0.2, 0.25) is 0 Å². The predicted octanol–water partition coefficient (Wildman–Crippen LogP) is 1.21. The van der Waals surface area contributed by atoms with Gasteiger partial charge >= 0.3 is 0 Å². The summed E-state index contributed by atoms with van der Waals surface area (Å²) in [4.78, 5) is 28.2. The molecule has 1 aromatic rings. The molecule has 0 bridgehead atoms. The molecular formula is C18H27FN4O2. The molecule has 1 atom stereocenters. The van der Waals surface area contributed by atoms with E-state index < -0.39 is 5.82 Å². The topological polar surface area (TPSA) is 64.7 Å². The van der Waals surface area contributed by atoms with Crippen LogP contribution in [0.4, 0.5) is 10.1 Å². The summed E-state index contributed by atoms with van der Waals surface area (Å²) in [7, 11) is 0. The summed E-state index contributed by atoms with van der Waals surface area (Å²) in [6.45, 7) is 9.39. The minimum Gasteiger partial charge on any atom is -0.355 e. The van der Waals surface area contributed by atoms with E-state index in [1.54, 1.807) is 19.1 Å². The largest absolute Gasteiger partial charge is 0.355 e. The second-order valence-electron chi connectivity index (χ2n) is 6.41. The second-order valence-corrected chi connectivity index (χ2v) is 6.41. The number of anilines is 1. The molecule has 1 heterocycles. The molecule has 0 radical (unpaired) electrons. The maximum absolute atomic E-state index is 13.9. The van der Waals surface area contributed by atoms with Crippen molar-refractivity contribution in [1.82, 2.24) is 15.1 Å². The van der Waals surface area contributed by atoms with Gasteiger partial charge in [0.1, 0.15) is 5.82 Å². The van der Waals surface area contributed by atoms with Crippen molar-refractivity contribution >= 4 is 17.5 Å². The molecule has 1 aliphatic rings. The van der Waals surface area contributed by atoms with E-state index in [1.807, 2.05) is 13.8 Å². The number of piperazine rings is 1. The van der Waals surface area contributed by atoms with Crippen molar-refractivity contribution in [2.24, 2.45) is 0 Å². The van der Waals surface area contributed by atoms with Crippen molar-refractivity contribution in [3.8, 4) is 0 Å². The van der Waals surface area contributed by atoms with Crippen molar-refractivity contribution in [3.63, 3.8) is 0 Å². The Morgan fingerprint density at radius 1 is 1.24 bits per heavy atom. The highest BCUT2D eigenvalue weighted by Gasteiger charge is 2.26. The van der Waals surface area contributed by atoms with Crippen LogP contribution >= 0.6 is 0 Å². The van der Waals surface area contributed by atoms with Crippen LogP contribution in [0.15, 0.2) is 18.2 Å². The SMILES string of the molecule is CCNC(=O)CN1CCN(C(C)C(=O)Nc2ccc(C)cc2F)CC1. The Bertz CT molecular complexity index is 615. The molecule has 2 rings (SSSR count). The van der Waals surface area contributed by atoms with Gasteiger partial charge in [-0.15, -0.1) is 0 Å². The van der Waals surface area contributed by atoms with Crippen LogP contribution in [0.1, 0.15) is 19.4 Å². The van der Waals surface area contributed by atoms with Gasteiger partial charge in [-0.3, -0.25) is 19.4 Å². The third-order valence-corrected chi connectivity index (χ3v) is 4.46. The fourth-order valence-electron chi connectivity index (χ4n) is 2.89. The Morgan fingerprint density at radius 2 is 1.92 bits per heavy atom. The average molecular weight is 350 g/mol. The second kappa shape index (κ2) is 8.92. The summed E-state index contributed by atoms with van der Waals surface area (Å²) in [6, 6.07) is 4.40. The number of aryl methyl sites for hydroxylation is 1. The first-order valence-corrected chi connectivity index (χ1v) is 8.70. The molecule has 2 amide bonds. The Balaban J connectivity index is 1.84. The lowest BCUT2D eigenvalue weighted by Crippen LogP contribution is -2.54. The first-order chi connectivity index (χ1) is 11.9. The maximum atomic E-state index is 13.9. The summed E-state index contributed by atoms with van der Waals surface area (Å²) < 4.78 is 13.9. The van der Waals surface area contributed by atoms with E-state index >= 15 is 0 Å². The molecule has 0 spiro atoms. The van der Waals surface area contributed by atoms with E-state index in [-0.39, 0.29) is 23.5 Å². The van der Waals surface area contributed by atoms with Crippen LogP contribution < -0.4 is 10.6 Å². The highest BCUT2D eigenvalue weighted by molar-refractivity contribution is 5.94. The molecule has 1 saturated heterocycles. The van der Waals surface area contributed by atoms with Crippen LogP contribution in [-0.4, -0.2) is 66.9 Å². The fraction of sp³-hybridized carbons (Fsp3) is 0.556. The number of benzene rings is 1. The van der Waals surface area contributed by atoms with Crippen LogP contribution in [0.25, 0.3) is 0 Å². The monoisotopic (exact) mass is 350 g/mol. The molecular weight excluding hydrogens is 323 g/mol. The summed E-state index contributed by atoms with van der Waals surface area (Å²) >= 11 is 0. The van der Waals surface area contributed by atoms with Gasteiger partial charge in [0.15, 0.2) is 0 Å². The normalized spacial score (nSPS) is 17.1. The number of hydrogen-bond donors (Lipinski definition) is 2. The number of carbonyl (C=O) groups is 2. The van der Waals surface area contributed by atoms with E-state index in [0.29, 0.717) is 26.2 Å². The van der Waals surface area contributed by atoms with Gasteiger partial charge in [0, 0.05) is 32.7 Å². The number of halogens is 1. The van der Waals surface area contributed by atoms with E-state index in [1.165, 1.54) is 6.07 Å². The van der Waals surface area contributed by atoms with Gasteiger partial charge in [-0.1, -0.05) is 6.07 Å². The number of likely N-dealkylation sites (N-methyl/N-ethyl adjacent to an activating group) is 1. The Hall–Kier alpha value is -1.99. The van der Waals surface area contributed by atoms with Gasteiger partial charge < -0.3 is 10.6 Å². The van der Waals surface area contributed by atoms with Gasteiger partial charge in [0.25, 0.3) is 0 Å². The minimum absolute atomic E-state index is 0.0246. The Labute approximate surface area is 148 Å². The van der Waals surface area contributed by atoms with Gasteiger partial charge in [0.05, 0.1) is 18.3 Å². The Kier molecular flexibility index (Phi) is 6.90. The lowest BCUT2D eigenvalue weighted by atomic mass is 10.2. The maximum Gasteiger partial charge on any atom is 0.241 e. The molecule has 1 aliphatic heterocycles. The molecule has 138 valence electrons. The molecule has 0 saturated carbocycles. The third-order valence-electron chi connectivity index (χ3n) is 4.46. The standard InChI is InChI=1S/C18H27FN4O2/c1-4-20-17(24)12-22-7-9-23(10-8-22)14(3)18(25)21-16-6-5-13(2)11-15(16)19/h5-6,11,14H,4,7-10,12H2,1-3H3,(H,20,24)(H,21,25). The van der Waals surface area contributed by atoms with Crippen molar-refractivity contribution in [2.45, 2.75) is 26.8 Å². The van der Waals surface area contributed by atoms with Gasteiger partial charge in [-0.25, -0.2) is 4.39 Å². The molecule has 2 N–H and O–H groups in total. The summed E-state index contributed by atoms with van der Waals surface area (Å²) in [5.74, 6) is -0.621. The smallest absolute Gasteiger partial charge is 0.241 e. The van der Waals surface area contributed by atoms with Gasteiger partial charge in [0.2, 0.25) is 11.8 Å². The van der Waals surface area contributed by atoms with E-state index in [4.69, 9.17) is 0 Å². The molecule has 0 aliphatic carbocycles. The van der Waals surface area contributed by atoms with Crippen LogP contribution in [0, 0.1) is 12.7 Å². The quantitative estimate of drug-likeness (QED) is 0.810.